The van der Waals surface area contributed by atoms with E-state index in [-0.39, 0.29) is 11.8 Å². The van der Waals surface area contributed by atoms with Crippen molar-refractivity contribution >= 4 is 11.6 Å². The Morgan fingerprint density at radius 3 is 2.88 bits per heavy atom. The highest BCUT2D eigenvalue weighted by Crippen LogP contribution is 2.28. The number of aromatic nitrogens is 3. The van der Waals surface area contributed by atoms with Gasteiger partial charge in [-0.25, -0.2) is 0 Å². The van der Waals surface area contributed by atoms with Gasteiger partial charge in [-0.1, -0.05) is 12.1 Å². The fourth-order valence-electron chi connectivity index (χ4n) is 3.37. The van der Waals surface area contributed by atoms with E-state index in [9.17, 15) is 4.79 Å². The monoisotopic (exact) mass is 327 g/mol. The smallest absolute Gasteiger partial charge is 0.255 e. The summed E-state index contributed by atoms with van der Waals surface area (Å²) in [5.74, 6) is 1.32. The van der Waals surface area contributed by atoms with Gasteiger partial charge < -0.3 is 14.8 Å². The zero-order chi connectivity index (χ0) is 17.1. The van der Waals surface area contributed by atoms with Crippen molar-refractivity contribution in [3.63, 3.8) is 0 Å². The van der Waals surface area contributed by atoms with E-state index < -0.39 is 0 Å². The average molecular weight is 327 g/mol. The number of rotatable bonds is 4. The van der Waals surface area contributed by atoms with Gasteiger partial charge in [0.2, 0.25) is 0 Å². The second-order valence-corrected chi connectivity index (χ2v) is 6.58. The molecular weight excluding hydrogens is 302 g/mol. The third-order valence-electron chi connectivity index (χ3n) is 4.66. The first-order valence-corrected chi connectivity index (χ1v) is 8.57. The number of carbonyl (C=O) groups is 1. The van der Waals surface area contributed by atoms with Crippen LogP contribution in [0.2, 0.25) is 0 Å². The summed E-state index contributed by atoms with van der Waals surface area (Å²) in [6, 6.07) is 7.99. The van der Waals surface area contributed by atoms with E-state index >= 15 is 0 Å². The fraction of sp³-hybridized carbons (Fsp3) is 0.500. The van der Waals surface area contributed by atoms with Gasteiger partial charge in [-0.05, 0) is 38.8 Å². The molecule has 1 unspecified atom stereocenters. The third kappa shape index (κ3) is 3.13. The van der Waals surface area contributed by atoms with Crippen LogP contribution in [0.25, 0.3) is 0 Å². The number of para-hydroxylation sites is 1. The van der Waals surface area contributed by atoms with Gasteiger partial charge in [-0.15, -0.1) is 10.2 Å². The third-order valence-corrected chi connectivity index (χ3v) is 4.66. The predicted molar refractivity (Wildman–Crippen MR) is 94.3 cm³/mol. The summed E-state index contributed by atoms with van der Waals surface area (Å²) in [5, 5.41) is 11.5. The first kappa shape index (κ1) is 16.5. The van der Waals surface area contributed by atoms with Crippen molar-refractivity contribution < 1.29 is 4.79 Å². The summed E-state index contributed by atoms with van der Waals surface area (Å²) >= 11 is 0. The number of carbonyl (C=O) groups excluding carboxylic acids is 1. The van der Waals surface area contributed by atoms with Crippen molar-refractivity contribution in [2.45, 2.75) is 38.6 Å². The molecule has 6 nitrogen and oxygen atoms in total. The number of hydrogen-bond donors (Lipinski definition) is 1. The summed E-state index contributed by atoms with van der Waals surface area (Å²) in [5.41, 5.74) is 1.60. The average Bonchev–Trinajstić information content (AvgIpc) is 3.11. The molecule has 1 saturated heterocycles. The molecule has 0 radical (unpaired) electrons. The molecule has 1 amide bonds. The first-order chi connectivity index (χ1) is 11.6. The van der Waals surface area contributed by atoms with Crippen molar-refractivity contribution in [2.75, 3.05) is 25.5 Å². The molecule has 2 aromatic rings. The molecule has 0 saturated carbocycles. The number of amides is 1. The Bertz CT molecular complexity index is 709. The lowest BCUT2D eigenvalue weighted by atomic mass is 9.96. The Labute approximate surface area is 142 Å². The van der Waals surface area contributed by atoms with Crippen LogP contribution in [-0.4, -0.2) is 45.7 Å². The lowest BCUT2D eigenvalue weighted by molar-refractivity contribution is 0.0704. The summed E-state index contributed by atoms with van der Waals surface area (Å²) in [6.07, 6.45) is 3.82. The standard InChI is InChI=1S/C18H25N5O/c1-13(2)23-12-20-21-17(23)14-7-6-10-22(11-14)18(24)15-8-4-5-9-16(15)19-3/h4-5,8-9,12-14,19H,6-7,10-11H2,1-3H3. The Morgan fingerprint density at radius 1 is 1.33 bits per heavy atom. The molecule has 1 aliphatic heterocycles. The van der Waals surface area contributed by atoms with Gasteiger partial charge in [-0.3, -0.25) is 4.79 Å². The highest BCUT2D eigenvalue weighted by Gasteiger charge is 2.29. The summed E-state index contributed by atoms with van der Waals surface area (Å²) in [6.45, 7) is 5.75. The largest absolute Gasteiger partial charge is 0.387 e. The molecule has 1 aromatic heterocycles. The highest BCUT2D eigenvalue weighted by molar-refractivity contribution is 5.99. The van der Waals surface area contributed by atoms with E-state index in [1.54, 1.807) is 6.33 Å². The number of hydrogen-bond acceptors (Lipinski definition) is 4. The van der Waals surface area contributed by atoms with Crippen LogP contribution in [0.1, 0.15) is 54.8 Å². The molecule has 3 rings (SSSR count). The van der Waals surface area contributed by atoms with Gasteiger partial charge in [-0.2, -0.15) is 0 Å². The zero-order valence-electron chi connectivity index (χ0n) is 14.6. The minimum Gasteiger partial charge on any atom is -0.387 e. The summed E-state index contributed by atoms with van der Waals surface area (Å²) in [7, 11) is 1.84. The van der Waals surface area contributed by atoms with Crippen LogP contribution in [0.4, 0.5) is 5.69 Å². The number of nitrogens with zero attached hydrogens (tertiary/aromatic N) is 4. The summed E-state index contributed by atoms with van der Waals surface area (Å²) < 4.78 is 2.11. The topological polar surface area (TPSA) is 63.1 Å². The minimum atomic E-state index is 0.0836. The Hall–Kier alpha value is -2.37. The van der Waals surface area contributed by atoms with Crippen LogP contribution in [-0.2, 0) is 0 Å². The first-order valence-electron chi connectivity index (χ1n) is 8.57. The maximum Gasteiger partial charge on any atom is 0.255 e. The summed E-state index contributed by atoms with van der Waals surface area (Å²) in [4.78, 5) is 14.9. The predicted octanol–water partition coefficient (Wildman–Crippen LogP) is 2.92. The highest BCUT2D eigenvalue weighted by atomic mass is 16.2. The quantitative estimate of drug-likeness (QED) is 0.938. The molecule has 1 atom stereocenters. The van der Waals surface area contributed by atoms with Crippen LogP contribution in [0.15, 0.2) is 30.6 Å². The van der Waals surface area contributed by atoms with E-state index in [1.807, 2.05) is 36.2 Å². The van der Waals surface area contributed by atoms with Crippen molar-refractivity contribution in [2.24, 2.45) is 0 Å². The van der Waals surface area contributed by atoms with Gasteiger partial charge >= 0.3 is 0 Å². The van der Waals surface area contributed by atoms with Crippen molar-refractivity contribution in [1.82, 2.24) is 19.7 Å². The molecule has 0 spiro atoms. The maximum atomic E-state index is 13.0. The number of benzene rings is 1. The van der Waals surface area contributed by atoms with E-state index in [1.165, 1.54) is 0 Å². The molecule has 1 fully saturated rings. The molecule has 6 heteroatoms. The van der Waals surface area contributed by atoms with E-state index in [0.717, 1.165) is 36.5 Å². The van der Waals surface area contributed by atoms with Gasteiger partial charge in [0.05, 0.1) is 5.56 Å². The lowest BCUT2D eigenvalue weighted by Gasteiger charge is -2.33. The molecular formula is C18H25N5O. The number of piperidine rings is 1. The van der Waals surface area contributed by atoms with E-state index in [2.05, 4.69) is 33.9 Å². The van der Waals surface area contributed by atoms with E-state index in [0.29, 0.717) is 12.6 Å². The minimum absolute atomic E-state index is 0.0836. The van der Waals surface area contributed by atoms with E-state index in [4.69, 9.17) is 0 Å². The molecule has 0 aliphatic carbocycles. The molecule has 24 heavy (non-hydrogen) atoms. The second-order valence-electron chi connectivity index (χ2n) is 6.58. The van der Waals surface area contributed by atoms with Gasteiger partial charge in [0.25, 0.3) is 5.91 Å². The molecule has 1 aliphatic rings. The number of likely N-dealkylation sites (tertiary alicyclic amines) is 1. The van der Waals surface area contributed by atoms with Gasteiger partial charge in [0.1, 0.15) is 12.2 Å². The van der Waals surface area contributed by atoms with Gasteiger partial charge in [0, 0.05) is 37.8 Å². The Morgan fingerprint density at radius 2 is 2.12 bits per heavy atom. The molecule has 0 bridgehead atoms. The van der Waals surface area contributed by atoms with Crippen molar-refractivity contribution in [1.29, 1.82) is 0 Å². The van der Waals surface area contributed by atoms with Crippen molar-refractivity contribution in [3.05, 3.63) is 42.0 Å². The maximum absolute atomic E-state index is 13.0. The molecule has 128 valence electrons. The van der Waals surface area contributed by atoms with Crippen LogP contribution >= 0.6 is 0 Å². The zero-order valence-corrected chi connectivity index (χ0v) is 14.6. The second kappa shape index (κ2) is 7.03. The Balaban J connectivity index is 1.80. The molecule has 1 N–H and O–H groups in total. The molecule has 1 aromatic carbocycles. The lowest BCUT2D eigenvalue weighted by Crippen LogP contribution is -2.40. The fourth-order valence-corrected chi connectivity index (χ4v) is 3.37. The number of nitrogens with one attached hydrogen (secondary N) is 1. The Kier molecular flexibility index (Phi) is 4.83. The van der Waals surface area contributed by atoms with Crippen LogP contribution in [0.3, 0.4) is 0 Å². The normalized spacial score (nSPS) is 18.0. The van der Waals surface area contributed by atoms with Crippen LogP contribution < -0.4 is 5.32 Å². The SMILES string of the molecule is CNc1ccccc1C(=O)N1CCCC(c2nncn2C(C)C)C1. The van der Waals surface area contributed by atoms with Crippen molar-refractivity contribution in [3.8, 4) is 0 Å². The van der Waals surface area contributed by atoms with Crippen LogP contribution in [0, 0.1) is 0 Å². The van der Waals surface area contributed by atoms with Gasteiger partial charge in [0.15, 0.2) is 0 Å². The number of anilines is 1. The van der Waals surface area contributed by atoms with Crippen LogP contribution in [0.5, 0.6) is 0 Å². The molecule has 2 heterocycles.